The van der Waals surface area contributed by atoms with Crippen LogP contribution in [0, 0.1) is 0 Å². The Morgan fingerprint density at radius 2 is 1.27 bits per heavy atom. The Balaban J connectivity index is 1.79. The van der Waals surface area contributed by atoms with Crippen LogP contribution in [0.4, 0.5) is 0 Å². The minimum absolute atomic E-state index is 0.397. The van der Waals surface area contributed by atoms with Gasteiger partial charge in [-0.1, -0.05) is 141 Å². The van der Waals surface area contributed by atoms with Crippen LogP contribution in [0.15, 0.2) is 60.7 Å². The molecule has 240 valence electrons. The number of esters is 1. The Morgan fingerprint density at radius 3 is 1.93 bits per heavy atom. The Bertz CT molecular complexity index is 1230. The summed E-state index contributed by atoms with van der Waals surface area (Å²) in [6.45, 7) is 10.00. The van der Waals surface area contributed by atoms with E-state index >= 15 is 0 Å². The average molecular weight is 601 g/mol. The van der Waals surface area contributed by atoms with Gasteiger partial charge in [0.05, 0.1) is 13.2 Å². The van der Waals surface area contributed by atoms with Gasteiger partial charge in [0.25, 0.3) is 0 Å². The number of hydrogen-bond acceptors (Lipinski definition) is 4. The highest BCUT2D eigenvalue weighted by Crippen LogP contribution is 2.38. The van der Waals surface area contributed by atoms with Gasteiger partial charge in [0, 0.05) is 11.6 Å². The van der Waals surface area contributed by atoms with Crippen LogP contribution in [-0.4, -0.2) is 19.2 Å². The van der Waals surface area contributed by atoms with Gasteiger partial charge in [-0.15, -0.1) is 0 Å². The molecule has 0 aromatic heterocycles. The van der Waals surface area contributed by atoms with Crippen molar-refractivity contribution in [2.24, 2.45) is 0 Å². The SMILES string of the molecule is CCCCCCCCCCOc1ccc(C(=O)Oc2c(-c3ccccc3)ccc(CC)c2CCC)c(OCCCCCC)c1. The number of ether oxygens (including phenoxy) is 3. The molecule has 0 bridgehead atoms. The number of rotatable bonds is 22. The van der Waals surface area contributed by atoms with E-state index < -0.39 is 5.97 Å². The fourth-order valence-electron chi connectivity index (χ4n) is 5.65. The molecule has 0 aliphatic rings. The van der Waals surface area contributed by atoms with Gasteiger partial charge in [-0.2, -0.15) is 0 Å². The molecule has 0 aliphatic carbocycles. The number of benzene rings is 3. The third-order valence-electron chi connectivity index (χ3n) is 8.21. The van der Waals surface area contributed by atoms with Gasteiger partial charge >= 0.3 is 5.97 Å². The number of hydrogen-bond donors (Lipinski definition) is 0. The molecule has 0 saturated heterocycles. The molecule has 3 aromatic rings. The molecule has 4 heteroatoms. The Kier molecular flexibility index (Phi) is 16.5. The van der Waals surface area contributed by atoms with Gasteiger partial charge in [0.2, 0.25) is 0 Å². The normalized spacial score (nSPS) is 11.0. The highest BCUT2D eigenvalue weighted by Gasteiger charge is 2.22. The van der Waals surface area contributed by atoms with E-state index in [0.29, 0.717) is 30.3 Å². The minimum Gasteiger partial charge on any atom is -0.493 e. The van der Waals surface area contributed by atoms with E-state index in [1.165, 1.54) is 63.4 Å². The largest absolute Gasteiger partial charge is 0.493 e. The first-order valence-electron chi connectivity index (χ1n) is 17.4. The summed E-state index contributed by atoms with van der Waals surface area (Å²) in [6, 6.07) is 20.0. The van der Waals surface area contributed by atoms with Crippen molar-refractivity contribution < 1.29 is 19.0 Å². The lowest BCUT2D eigenvalue weighted by Crippen LogP contribution is -2.14. The van der Waals surface area contributed by atoms with Gasteiger partial charge in [-0.05, 0) is 54.5 Å². The molecule has 0 heterocycles. The number of unbranched alkanes of at least 4 members (excludes halogenated alkanes) is 10. The molecular formula is C40H56O4. The number of carbonyl (C=O) groups is 1. The molecule has 0 N–H and O–H groups in total. The van der Waals surface area contributed by atoms with Gasteiger partial charge in [-0.25, -0.2) is 4.79 Å². The summed E-state index contributed by atoms with van der Waals surface area (Å²) in [5, 5.41) is 0. The van der Waals surface area contributed by atoms with Crippen molar-refractivity contribution in [1.82, 2.24) is 0 Å². The third-order valence-corrected chi connectivity index (χ3v) is 8.21. The van der Waals surface area contributed by atoms with E-state index in [0.717, 1.165) is 61.0 Å². The van der Waals surface area contributed by atoms with E-state index in [9.17, 15) is 4.79 Å². The van der Waals surface area contributed by atoms with E-state index in [1.54, 1.807) is 6.07 Å². The first kappa shape index (κ1) is 35.2. The quantitative estimate of drug-likeness (QED) is 0.0654. The summed E-state index contributed by atoms with van der Waals surface area (Å²) < 4.78 is 18.7. The summed E-state index contributed by atoms with van der Waals surface area (Å²) in [7, 11) is 0. The fourth-order valence-corrected chi connectivity index (χ4v) is 5.65. The molecule has 0 amide bonds. The van der Waals surface area contributed by atoms with Crippen LogP contribution < -0.4 is 14.2 Å². The Hall–Kier alpha value is -3.27. The summed E-state index contributed by atoms with van der Waals surface area (Å²) in [5.74, 6) is 1.53. The lowest BCUT2D eigenvalue weighted by Gasteiger charge is -2.19. The van der Waals surface area contributed by atoms with Crippen molar-refractivity contribution in [3.8, 4) is 28.4 Å². The van der Waals surface area contributed by atoms with E-state index in [4.69, 9.17) is 14.2 Å². The lowest BCUT2D eigenvalue weighted by molar-refractivity contribution is 0.0729. The molecule has 0 fully saturated rings. The first-order chi connectivity index (χ1) is 21.6. The van der Waals surface area contributed by atoms with Crippen LogP contribution in [0.1, 0.15) is 133 Å². The standard InChI is InChI=1S/C40H56O4/c1-5-9-11-13-14-15-16-21-29-42-34-26-28-37(38(31-34)43-30-20-12-10-6-2)40(41)44-39-35(22-7-3)32(8-4)25-27-36(39)33-23-18-17-19-24-33/h17-19,23-28,31H,5-16,20-22,29-30H2,1-4H3. The Morgan fingerprint density at radius 1 is 0.636 bits per heavy atom. The van der Waals surface area contributed by atoms with Crippen LogP contribution in [0.5, 0.6) is 17.2 Å². The molecule has 0 aliphatic heterocycles. The maximum atomic E-state index is 13.9. The molecule has 3 aromatic carbocycles. The van der Waals surface area contributed by atoms with Crippen LogP contribution in [0.2, 0.25) is 0 Å². The summed E-state index contributed by atoms with van der Waals surface area (Å²) in [6.07, 6.45) is 17.2. The number of carbonyl (C=O) groups excluding carboxylic acids is 1. The highest BCUT2D eigenvalue weighted by atomic mass is 16.5. The third kappa shape index (κ3) is 11.3. The van der Waals surface area contributed by atoms with Crippen molar-refractivity contribution in [3.63, 3.8) is 0 Å². The van der Waals surface area contributed by atoms with Crippen LogP contribution in [0.3, 0.4) is 0 Å². The van der Waals surface area contributed by atoms with Crippen molar-refractivity contribution in [2.45, 2.75) is 124 Å². The van der Waals surface area contributed by atoms with Crippen LogP contribution in [-0.2, 0) is 12.8 Å². The molecule has 0 unspecified atom stereocenters. The Labute approximate surface area is 267 Å². The summed E-state index contributed by atoms with van der Waals surface area (Å²) >= 11 is 0. The van der Waals surface area contributed by atoms with Gasteiger partial charge in [0.1, 0.15) is 22.8 Å². The van der Waals surface area contributed by atoms with Crippen molar-refractivity contribution >= 4 is 5.97 Å². The van der Waals surface area contributed by atoms with Gasteiger partial charge < -0.3 is 14.2 Å². The molecule has 0 spiro atoms. The van der Waals surface area contributed by atoms with E-state index in [-0.39, 0.29) is 0 Å². The monoisotopic (exact) mass is 600 g/mol. The summed E-state index contributed by atoms with van der Waals surface area (Å²) in [4.78, 5) is 13.9. The molecular weight excluding hydrogens is 544 g/mol. The zero-order chi connectivity index (χ0) is 31.4. The predicted octanol–water partition coefficient (Wildman–Crippen LogP) is 11.6. The minimum atomic E-state index is -0.397. The van der Waals surface area contributed by atoms with Crippen molar-refractivity contribution in [2.75, 3.05) is 13.2 Å². The fraction of sp³-hybridized carbons (Fsp3) is 0.525. The van der Waals surface area contributed by atoms with Gasteiger partial charge in [0.15, 0.2) is 0 Å². The second-order valence-electron chi connectivity index (χ2n) is 11.8. The van der Waals surface area contributed by atoms with Gasteiger partial charge in [-0.3, -0.25) is 0 Å². The second-order valence-corrected chi connectivity index (χ2v) is 11.8. The zero-order valence-corrected chi connectivity index (χ0v) is 27.9. The van der Waals surface area contributed by atoms with E-state index in [2.05, 4.69) is 52.0 Å². The molecule has 44 heavy (non-hydrogen) atoms. The average Bonchev–Trinajstić information content (AvgIpc) is 3.05. The lowest BCUT2D eigenvalue weighted by atomic mass is 9.93. The van der Waals surface area contributed by atoms with Crippen molar-refractivity contribution in [3.05, 3.63) is 77.4 Å². The first-order valence-corrected chi connectivity index (χ1v) is 17.4. The predicted molar refractivity (Wildman–Crippen MR) is 184 cm³/mol. The smallest absolute Gasteiger partial charge is 0.347 e. The van der Waals surface area contributed by atoms with E-state index in [1.807, 2.05) is 30.3 Å². The molecule has 0 radical (unpaired) electrons. The second kappa shape index (κ2) is 20.6. The molecule has 0 atom stereocenters. The molecule has 4 nitrogen and oxygen atoms in total. The molecule has 0 saturated carbocycles. The molecule has 3 rings (SSSR count). The van der Waals surface area contributed by atoms with Crippen LogP contribution >= 0.6 is 0 Å². The maximum absolute atomic E-state index is 13.9. The highest BCUT2D eigenvalue weighted by molar-refractivity contribution is 5.95. The maximum Gasteiger partial charge on any atom is 0.347 e. The van der Waals surface area contributed by atoms with Crippen LogP contribution in [0.25, 0.3) is 11.1 Å². The topological polar surface area (TPSA) is 44.8 Å². The summed E-state index contributed by atoms with van der Waals surface area (Å²) in [5.41, 5.74) is 4.73. The van der Waals surface area contributed by atoms with Crippen molar-refractivity contribution in [1.29, 1.82) is 0 Å². The number of aryl methyl sites for hydroxylation is 1. The zero-order valence-electron chi connectivity index (χ0n) is 27.9.